The predicted octanol–water partition coefficient (Wildman–Crippen LogP) is 2.22. The van der Waals surface area contributed by atoms with Crippen LogP contribution in [-0.2, 0) is 4.79 Å². The molecule has 0 radical (unpaired) electrons. The number of aliphatic hydroxyl groups is 1. The van der Waals surface area contributed by atoms with Crippen molar-refractivity contribution < 1.29 is 9.90 Å². The molecule has 13 heavy (non-hydrogen) atoms. The van der Waals surface area contributed by atoms with Crippen LogP contribution in [0.1, 0.15) is 44.9 Å². The van der Waals surface area contributed by atoms with E-state index in [1.54, 1.807) is 6.08 Å². The van der Waals surface area contributed by atoms with E-state index < -0.39 is 5.60 Å². The number of Topliss-reactive ketones (excluding diaryl/α,β-unsaturated/α-hetero) is 1. The number of ketones is 1. The first-order valence-corrected chi connectivity index (χ1v) is 5.05. The second kappa shape index (κ2) is 4.56. The van der Waals surface area contributed by atoms with E-state index in [-0.39, 0.29) is 5.78 Å². The van der Waals surface area contributed by atoms with Crippen molar-refractivity contribution in [2.45, 2.75) is 50.5 Å². The van der Waals surface area contributed by atoms with Crippen molar-refractivity contribution in [3.05, 3.63) is 12.7 Å². The molecule has 0 unspecified atom stereocenters. The molecule has 2 heteroatoms. The topological polar surface area (TPSA) is 37.3 Å². The Morgan fingerprint density at radius 2 is 1.85 bits per heavy atom. The fourth-order valence-electron chi connectivity index (χ4n) is 1.91. The van der Waals surface area contributed by atoms with Gasteiger partial charge >= 0.3 is 0 Å². The molecule has 1 aliphatic carbocycles. The van der Waals surface area contributed by atoms with Crippen LogP contribution in [0.15, 0.2) is 12.7 Å². The number of carbonyl (C=O) groups excluding carboxylic acids is 1. The molecule has 0 spiro atoms. The van der Waals surface area contributed by atoms with Gasteiger partial charge in [-0.15, -0.1) is 6.58 Å². The molecule has 0 saturated heterocycles. The van der Waals surface area contributed by atoms with Gasteiger partial charge in [-0.1, -0.05) is 31.8 Å². The van der Waals surface area contributed by atoms with E-state index in [2.05, 4.69) is 6.58 Å². The normalized spacial score (nSPS) is 21.9. The van der Waals surface area contributed by atoms with Crippen molar-refractivity contribution in [3.63, 3.8) is 0 Å². The first kappa shape index (κ1) is 10.5. The van der Waals surface area contributed by atoms with Gasteiger partial charge in [-0.2, -0.15) is 0 Å². The lowest BCUT2D eigenvalue weighted by Crippen LogP contribution is -2.37. The minimum absolute atomic E-state index is 0.0515. The van der Waals surface area contributed by atoms with Crippen LogP contribution in [0.4, 0.5) is 0 Å². The Labute approximate surface area is 79.6 Å². The molecular formula is C11H18O2. The largest absolute Gasteiger partial charge is 0.382 e. The van der Waals surface area contributed by atoms with Gasteiger partial charge in [-0.25, -0.2) is 0 Å². The average molecular weight is 182 g/mol. The Hall–Kier alpha value is -0.630. The van der Waals surface area contributed by atoms with Gasteiger partial charge in [0.05, 0.1) is 0 Å². The Balaban J connectivity index is 2.60. The van der Waals surface area contributed by atoms with E-state index in [9.17, 15) is 9.90 Å². The molecule has 2 nitrogen and oxygen atoms in total. The van der Waals surface area contributed by atoms with Crippen molar-refractivity contribution in [2.24, 2.45) is 0 Å². The van der Waals surface area contributed by atoms with Crippen molar-refractivity contribution in [3.8, 4) is 0 Å². The van der Waals surface area contributed by atoms with Gasteiger partial charge in [-0.3, -0.25) is 4.79 Å². The molecule has 0 bridgehead atoms. The number of rotatable bonds is 3. The summed E-state index contributed by atoms with van der Waals surface area (Å²) in [4.78, 5) is 11.6. The lowest BCUT2D eigenvalue weighted by Gasteiger charge is -2.24. The van der Waals surface area contributed by atoms with Crippen LogP contribution < -0.4 is 0 Å². The molecule has 1 aliphatic rings. The van der Waals surface area contributed by atoms with E-state index in [4.69, 9.17) is 0 Å². The average Bonchev–Trinajstić information content (AvgIpc) is 2.32. The zero-order valence-electron chi connectivity index (χ0n) is 8.09. The molecule has 0 heterocycles. The van der Waals surface area contributed by atoms with E-state index in [1.807, 2.05) is 0 Å². The third-order valence-electron chi connectivity index (χ3n) is 2.78. The Morgan fingerprint density at radius 3 is 2.31 bits per heavy atom. The van der Waals surface area contributed by atoms with Gasteiger partial charge in [0.15, 0.2) is 5.78 Å². The predicted molar refractivity (Wildman–Crippen MR) is 52.5 cm³/mol. The minimum atomic E-state index is -1.04. The summed E-state index contributed by atoms with van der Waals surface area (Å²) >= 11 is 0. The standard InChI is InChI=1S/C11H18O2/c1-2-7-10(12)11(13)8-5-3-4-6-9-11/h2,13H,1,3-9H2. The summed E-state index contributed by atoms with van der Waals surface area (Å²) in [5.74, 6) is -0.0515. The second-order valence-electron chi connectivity index (χ2n) is 3.86. The molecule has 1 rings (SSSR count). The molecule has 1 saturated carbocycles. The Kier molecular flexibility index (Phi) is 3.67. The quantitative estimate of drug-likeness (QED) is 0.536. The number of hydrogen-bond donors (Lipinski definition) is 1. The first-order valence-electron chi connectivity index (χ1n) is 5.05. The molecule has 0 aromatic carbocycles. The molecule has 0 aromatic rings. The van der Waals surface area contributed by atoms with Gasteiger partial charge in [0.2, 0.25) is 0 Å². The van der Waals surface area contributed by atoms with Gasteiger partial charge < -0.3 is 5.11 Å². The van der Waals surface area contributed by atoms with Crippen LogP contribution in [0, 0.1) is 0 Å². The second-order valence-corrected chi connectivity index (χ2v) is 3.86. The third kappa shape index (κ3) is 2.66. The van der Waals surface area contributed by atoms with Gasteiger partial charge in [-0.05, 0) is 12.8 Å². The van der Waals surface area contributed by atoms with Crippen LogP contribution >= 0.6 is 0 Å². The van der Waals surface area contributed by atoms with E-state index in [1.165, 1.54) is 0 Å². The maximum Gasteiger partial charge on any atom is 0.168 e. The van der Waals surface area contributed by atoms with E-state index >= 15 is 0 Å². The zero-order valence-corrected chi connectivity index (χ0v) is 8.09. The Bertz CT molecular complexity index is 188. The molecule has 74 valence electrons. The molecule has 0 aromatic heterocycles. The van der Waals surface area contributed by atoms with Crippen LogP contribution in [0.25, 0.3) is 0 Å². The van der Waals surface area contributed by atoms with E-state index in [0.29, 0.717) is 19.3 Å². The molecular weight excluding hydrogens is 164 g/mol. The SMILES string of the molecule is C=CCC(=O)C1(O)CCCCCC1. The van der Waals surface area contributed by atoms with Crippen LogP contribution in [0.2, 0.25) is 0 Å². The van der Waals surface area contributed by atoms with Crippen molar-refractivity contribution >= 4 is 5.78 Å². The third-order valence-corrected chi connectivity index (χ3v) is 2.78. The van der Waals surface area contributed by atoms with E-state index in [0.717, 1.165) is 25.7 Å². The smallest absolute Gasteiger partial charge is 0.168 e. The highest BCUT2D eigenvalue weighted by atomic mass is 16.3. The summed E-state index contributed by atoms with van der Waals surface area (Å²) < 4.78 is 0. The van der Waals surface area contributed by atoms with Crippen molar-refractivity contribution in [1.29, 1.82) is 0 Å². The molecule has 0 aliphatic heterocycles. The minimum Gasteiger partial charge on any atom is -0.382 e. The first-order chi connectivity index (χ1) is 6.19. The molecule has 0 atom stereocenters. The zero-order chi connectivity index (χ0) is 9.73. The summed E-state index contributed by atoms with van der Waals surface area (Å²) in [7, 11) is 0. The van der Waals surface area contributed by atoms with Gasteiger partial charge in [0, 0.05) is 6.42 Å². The molecule has 1 fully saturated rings. The summed E-state index contributed by atoms with van der Waals surface area (Å²) in [5.41, 5.74) is -1.04. The summed E-state index contributed by atoms with van der Waals surface area (Å²) in [6.07, 6.45) is 7.38. The highest BCUT2D eigenvalue weighted by molar-refractivity contribution is 5.88. The number of hydrogen-bond acceptors (Lipinski definition) is 2. The van der Waals surface area contributed by atoms with Crippen LogP contribution in [0.3, 0.4) is 0 Å². The molecule has 0 amide bonds. The number of carbonyl (C=O) groups is 1. The maximum absolute atomic E-state index is 11.6. The fraction of sp³-hybridized carbons (Fsp3) is 0.727. The van der Waals surface area contributed by atoms with Crippen LogP contribution in [-0.4, -0.2) is 16.5 Å². The highest BCUT2D eigenvalue weighted by Crippen LogP contribution is 2.28. The summed E-state index contributed by atoms with van der Waals surface area (Å²) in [6.45, 7) is 3.52. The highest BCUT2D eigenvalue weighted by Gasteiger charge is 2.34. The van der Waals surface area contributed by atoms with Crippen molar-refractivity contribution in [2.75, 3.05) is 0 Å². The van der Waals surface area contributed by atoms with Crippen LogP contribution in [0.5, 0.6) is 0 Å². The lowest BCUT2D eigenvalue weighted by molar-refractivity contribution is -0.137. The summed E-state index contributed by atoms with van der Waals surface area (Å²) in [6, 6.07) is 0. The summed E-state index contributed by atoms with van der Waals surface area (Å²) in [5, 5.41) is 10.1. The Morgan fingerprint density at radius 1 is 1.31 bits per heavy atom. The molecule has 1 N–H and O–H groups in total. The van der Waals surface area contributed by atoms with Gasteiger partial charge in [0.1, 0.15) is 5.60 Å². The maximum atomic E-state index is 11.6. The lowest BCUT2D eigenvalue weighted by atomic mass is 9.88. The van der Waals surface area contributed by atoms with Gasteiger partial charge in [0.25, 0.3) is 0 Å². The fourth-order valence-corrected chi connectivity index (χ4v) is 1.91. The monoisotopic (exact) mass is 182 g/mol. The van der Waals surface area contributed by atoms with Crippen molar-refractivity contribution in [1.82, 2.24) is 0 Å². The number of allylic oxidation sites excluding steroid dienone is 1.